The molecule has 4 aromatic carbocycles. The lowest BCUT2D eigenvalue weighted by atomic mass is 10.2. The topological polar surface area (TPSA) is 63.6 Å². The van der Waals surface area contributed by atoms with E-state index in [9.17, 15) is 9.59 Å². The number of ether oxygens (including phenoxy) is 1. The minimum atomic E-state index is -0.892. The Bertz CT molecular complexity index is 1160. The molecular formula is C31H34O4S2. The smallest absolute Gasteiger partial charge is 0.337 e. The number of hydrogen-bond acceptors (Lipinski definition) is 5. The molecule has 0 heterocycles. The maximum atomic E-state index is 11.3. The fourth-order valence-electron chi connectivity index (χ4n) is 2.69. The van der Waals surface area contributed by atoms with Crippen LogP contribution < -0.4 is 0 Å². The third-order valence-corrected chi connectivity index (χ3v) is 6.37. The Morgan fingerprint density at radius 2 is 0.865 bits per heavy atom. The van der Waals surface area contributed by atoms with Crippen molar-refractivity contribution in [1.82, 2.24) is 0 Å². The third-order valence-electron chi connectivity index (χ3n) is 4.33. The molecule has 0 radical (unpaired) electrons. The Balaban J connectivity index is 0.000000327. The van der Waals surface area contributed by atoms with Crippen molar-refractivity contribution >= 4 is 35.5 Å². The molecule has 0 bridgehead atoms. The van der Waals surface area contributed by atoms with Crippen molar-refractivity contribution in [3.05, 3.63) is 120 Å². The van der Waals surface area contributed by atoms with Gasteiger partial charge in [0.15, 0.2) is 0 Å². The van der Waals surface area contributed by atoms with Gasteiger partial charge in [-0.25, -0.2) is 9.59 Å². The fraction of sp³-hybridized carbons (Fsp3) is 0.161. The number of aromatic carboxylic acids is 1. The lowest BCUT2D eigenvalue weighted by molar-refractivity contribution is 0.0599. The van der Waals surface area contributed by atoms with Crippen molar-refractivity contribution < 1.29 is 19.4 Å². The highest BCUT2D eigenvalue weighted by molar-refractivity contribution is 7.99. The zero-order valence-electron chi connectivity index (χ0n) is 21.9. The normalized spacial score (nSPS) is 9.22. The Hall–Kier alpha value is -3.48. The summed E-state index contributed by atoms with van der Waals surface area (Å²) in [6.45, 7) is 8.00. The number of methoxy groups -OCH3 is 1. The average molecular weight is 535 g/mol. The van der Waals surface area contributed by atoms with Crippen LogP contribution in [-0.2, 0) is 4.74 Å². The Morgan fingerprint density at radius 3 is 1.19 bits per heavy atom. The maximum absolute atomic E-state index is 11.3. The molecule has 0 amide bonds. The Labute approximate surface area is 229 Å². The van der Waals surface area contributed by atoms with Crippen molar-refractivity contribution in [2.24, 2.45) is 0 Å². The van der Waals surface area contributed by atoms with Crippen LogP contribution in [-0.4, -0.2) is 24.2 Å². The molecule has 194 valence electrons. The first-order valence-corrected chi connectivity index (χ1v) is 13.7. The molecule has 4 rings (SSSR count). The van der Waals surface area contributed by atoms with Crippen LogP contribution in [0.15, 0.2) is 129 Å². The fourth-order valence-corrected chi connectivity index (χ4v) is 4.37. The van der Waals surface area contributed by atoms with E-state index in [2.05, 4.69) is 16.9 Å². The highest BCUT2D eigenvalue weighted by Gasteiger charge is 2.05. The monoisotopic (exact) mass is 534 g/mol. The van der Waals surface area contributed by atoms with Crippen LogP contribution in [0.25, 0.3) is 0 Å². The molecule has 0 aromatic heterocycles. The molecule has 0 saturated carbocycles. The van der Waals surface area contributed by atoms with E-state index in [1.54, 1.807) is 47.8 Å². The van der Waals surface area contributed by atoms with Gasteiger partial charge in [0.1, 0.15) is 0 Å². The van der Waals surface area contributed by atoms with E-state index >= 15 is 0 Å². The van der Waals surface area contributed by atoms with E-state index in [0.29, 0.717) is 11.1 Å². The van der Waals surface area contributed by atoms with Gasteiger partial charge in [-0.3, -0.25) is 0 Å². The molecule has 0 fully saturated rings. The lowest BCUT2D eigenvalue weighted by Crippen LogP contribution is -2.00. The lowest BCUT2D eigenvalue weighted by Gasteiger charge is -2.02. The largest absolute Gasteiger partial charge is 0.478 e. The van der Waals surface area contributed by atoms with E-state index in [1.807, 2.05) is 100 Å². The van der Waals surface area contributed by atoms with E-state index in [-0.39, 0.29) is 5.97 Å². The molecule has 1 N–H and O–H groups in total. The summed E-state index contributed by atoms with van der Waals surface area (Å²) < 4.78 is 4.65. The van der Waals surface area contributed by atoms with Gasteiger partial charge >= 0.3 is 11.9 Å². The molecule has 6 heteroatoms. The first kappa shape index (κ1) is 31.5. The molecule has 4 aromatic rings. The van der Waals surface area contributed by atoms with Gasteiger partial charge < -0.3 is 9.84 Å². The molecule has 0 aliphatic carbocycles. The number of esters is 1. The van der Waals surface area contributed by atoms with Crippen LogP contribution in [0.3, 0.4) is 0 Å². The minimum absolute atomic E-state index is 0.304. The van der Waals surface area contributed by atoms with E-state index in [0.717, 1.165) is 14.7 Å². The number of rotatable bonds is 6. The zero-order chi connectivity index (χ0) is 27.5. The molecule has 0 spiro atoms. The van der Waals surface area contributed by atoms with E-state index in [4.69, 9.17) is 5.11 Å². The second kappa shape index (κ2) is 18.7. The first-order valence-electron chi connectivity index (χ1n) is 12.0. The van der Waals surface area contributed by atoms with Gasteiger partial charge in [-0.1, -0.05) is 87.6 Å². The number of carboxylic acids is 1. The predicted octanol–water partition coefficient (Wildman–Crippen LogP) is 9.21. The second-order valence-corrected chi connectivity index (χ2v) is 8.97. The summed E-state index contributed by atoms with van der Waals surface area (Å²) in [5, 5.41) is 8.76. The van der Waals surface area contributed by atoms with E-state index in [1.165, 1.54) is 12.0 Å². The number of carbonyl (C=O) groups excluding carboxylic acids is 1. The minimum Gasteiger partial charge on any atom is -0.478 e. The van der Waals surface area contributed by atoms with Crippen LogP contribution in [0.5, 0.6) is 0 Å². The molecule has 0 saturated heterocycles. The summed E-state index contributed by atoms with van der Waals surface area (Å²) in [4.78, 5) is 26.4. The Kier molecular flexibility index (Phi) is 16.0. The molecular weight excluding hydrogens is 500 g/mol. The van der Waals surface area contributed by atoms with Crippen molar-refractivity contribution in [2.45, 2.75) is 47.3 Å². The van der Waals surface area contributed by atoms with Gasteiger partial charge in [-0.15, -0.1) is 0 Å². The predicted molar refractivity (Wildman–Crippen MR) is 155 cm³/mol. The number of benzene rings is 4. The number of carboxylic acid groups (broad SMARTS) is 1. The standard InChI is InChI=1S/C14H12O2S.C13H10O2S.2C2H6/c1-16-14(15)11-7-9-13(10-8-11)17-12-5-3-2-4-6-12;14-13(15)10-6-8-12(9-7-10)16-11-4-2-1-3-5-11;2*1-2/h2-10H,1H3;1-9H,(H,14,15);2*1-2H3. The Morgan fingerprint density at radius 1 is 0.541 bits per heavy atom. The summed E-state index contributed by atoms with van der Waals surface area (Å²) in [5.41, 5.74) is 0.891. The summed E-state index contributed by atoms with van der Waals surface area (Å²) in [5.74, 6) is -1.20. The van der Waals surface area contributed by atoms with Crippen molar-refractivity contribution in [3.63, 3.8) is 0 Å². The summed E-state index contributed by atoms with van der Waals surface area (Å²) in [6, 6.07) is 34.4. The summed E-state index contributed by atoms with van der Waals surface area (Å²) >= 11 is 3.28. The third kappa shape index (κ3) is 11.9. The van der Waals surface area contributed by atoms with Crippen molar-refractivity contribution in [1.29, 1.82) is 0 Å². The quantitative estimate of drug-likeness (QED) is 0.249. The molecule has 0 aliphatic heterocycles. The van der Waals surface area contributed by atoms with Crippen LogP contribution >= 0.6 is 23.5 Å². The van der Waals surface area contributed by atoms with Gasteiger partial charge in [0.2, 0.25) is 0 Å². The zero-order valence-corrected chi connectivity index (χ0v) is 23.5. The first-order chi connectivity index (χ1) is 18.0. The average Bonchev–Trinajstić information content (AvgIpc) is 2.97. The van der Waals surface area contributed by atoms with Crippen LogP contribution in [0, 0.1) is 0 Å². The van der Waals surface area contributed by atoms with Gasteiger partial charge in [-0.05, 0) is 72.8 Å². The van der Waals surface area contributed by atoms with E-state index < -0.39 is 5.97 Å². The highest BCUT2D eigenvalue weighted by Crippen LogP contribution is 2.28. The molecule has 37 heavy (non-hydrogen) atoms. The molecule has 4 nitrogen and oxygen atoms in total. The maximum Gasteiger partial charge on any atom is 0.337 e. The van der Waals surface area contributed by atoms with Crippen molar-refractivity contribution in [3.8, 4) is 0 Å². The number of hydrogen-bond donors (Lipinski definition) is 1. The van der Waals surface area contributed by atoms with Crippen LogP contribution in [0.2, 0.25) is 0 Å². The summed E-state index contributed by atoms with van der Waals surface area (Å²) in [7, 11) is 1.38. The van der Waals surface area contributed by atoms with Gasteiger partial charge in [0, 0.05) is 19.6 Å². The molecule has 0 atom stereocenters. The van der Waals surface area contributed by atoms with Crippen LogP contribution in [0.1, 0.15) is 48.4 Å². The molecule has 0 aliphatic rings. The SMILES string of the molecule is CC.CC.COC(=O)c1ccc(Sc2ccccc2)cc1.O=C(O)c1ccc(Sc2ccccc2)cc1. The highest BCUT2D eigenvalue weighted by atomic mass is 32.2. The van der Waals surface area contributed by atoms with Crippen molar-refractivity contribution in [2.75, 3.05) is 7.11 Å². The summed E-state index contributed by atoms with van der Waals surface area (Å²) in [6.07, 6.45) is 0. The molecule has 0 unspecified atom stereocenters. The van der Waals surface area contributed by atoms with Gasteiger partial charge in [0.05, 0.1) is 18.2 Å². The second-order valence-electron chi connectivity index (χ2n) is 6.68. The van der Waals surface area contributed by atoms with Crippen LogP contribution in [0.4, 0.5) is 0 Å². The number of carbonyl (C=O) groups is 2. The van der Waals surface area contributed by atoms with Gasteiger partial charge in [0.25, 0.3) is 0 Å². The van der Waals surface area contributed by atoms with Gasteiger partial charge in [-0.2, -0.15) is 0 Å².